The summed E-state index contributed by atoms with van der Waals surface area (Å²) in [6.07, 6.45) is 4.11. The average Bonchev–Trinajstić information content (AvgIpc) is 3.60. The van der Waals surface area contributed by atoms with Crippen molar-refractivity contribution in [2.75, 3.05) is 12.8 Å². The van der Waals surface area contributed by atoms with Crippen molar-refractivity contribution in [1.82, 2.24) is 5.16 Å². The third-order valence-corrected chi connectivity index (χ3v) is 9.32. The molecule has 0 aliphatic rings. The van der Waals surface area contributed by atoms with Crippen molar-refractivity contribution in [2.24, 2.45) is 0 Å². The van der Waals surface area contributed by atoms with Crippen molar-refractivity contribution in [3.05, 3.63) is 146 Å². The van der Waals surface area contributed by atoms with Crippen molar-refractivity contribution in [2.45, 2.75) is 11.3 Å². The molecule has 15 heteroatoms. The number of nitrogens with two attached hydrogens (primary N) is 1. The Balaban J connectivity index is 0.000000189. The molecule has 7 nitrogen and oxygen atoms in total. The van der Waals surface area contributed by atoms with Crippen LogP contribution in [0.4, 0.5) is 18.9 Å². The number of nitrogens with zero attached hydrogens (tertiary/aromatic N) is 1. The molecule has 0 atom stereocenters. The van der Waals surface area contributed by atoms with Crippen LogP contribution in [0.15, 0.2) is 128 Å². The lowest BCUT2D eigenvalue weighted by molar-refractivity contribution is 0.0600. The summed E-state index contributed by atoms with van der Waals surface area (Å²) in [6, 6.07) is 26.8. The van der Waals surface area contributed by atoms with Gasteiger partial charge < -0.3 is 15.0 Å². The Labute approximate surface area is 318 Å². The average molecular weight is 885 g/mol. The van der Waals surface area contributed by atoms with Gasteiger partial charge in [-0.25, -0.2) is 26.4 Å². The van der Waals surface area contributed by atoms with E-state index in [1.54, 1.807) is 18.3 Å². The lowest BCUT2D eigenvalue weighted by atomic mass is 10.0. The van der Waals surface area contributed by atoms with E-state index in [4.69, 9.17) is 39.0 Å². The monoisotopic (exact) mass is 882 g/mol. The maximum absolute atomic E-state index is 12.4. The number of carbonyl (C=O) groups excluding carboxylic acids is 1. The molecule has 2 N–H and O–H groups in total. The Morgan fingerprint density at radius 3 is 2.22 bits per heavy atom. The molecule has 264 valence electrons. The summed E-state index contributed by atoms with van der Waals surface area (Å²) in [6.45, 7) is 0. The molecule has 5 aromatic carbocycles. The number of alkyl halides is 2. The Morgan fingerprint density at radius 1 is 0.980 bits per heavy atom. The van der Waals surface area contributed by atoms with Crippen LogP contribution < -0.4 is 5.73 Å². The van der Waals surface area contributed by atoms with Gasteiger partial charge in [-0.15, -0.1) is 6.42 Å². The first-order chi connectivity index (χ1) is 24.1. The first-order valence-corrected chi connectivity index (χ1v) is 18.4. The molecular weight excluding hydrogens is 860 g/mol. The van der Waals surface area contributed by atoms with Gasteiger partial charge >= 0.3 is 5.97 Å². The van der Waals surface area contributed by atoms with Gasteiger partial charge in [-0.05, 0) is 88.2 Å². The second-order valence-corrected chi connectivity index (χ2v) is 14.6. The predicted octanol–water partition coefficient (Wildman–Crippen LogP) is 11.1. The summed E-state index contributed by atoms with van der Waals surface area (Å²) in [5.74, 6) is 1.52. The van der Waals surface area contributed by atoms with Crippen molar-refractivity contribution in [3.63, 3.8) is 0 Å². The number of hydrogen-bond donors (Lipinski definition) is 1. The number of esters is 1. The number of anilines is 1. The fourth-order valence-electron chi connectivity index (χ4n) is 3.94. The number of hydrogen-bond acceptors (Lipinski definition) is 7. The van der Waals surface area contributed by atoms with Crippen LogP contribution in [-0.2, 0) is 13.8 Å². The van der Waals surface area contributed by atoms with E-state index in [1.165, 1.54) is 25.3 Å². The highest BCUT2D eigenvalue weighted by Crippen LogP contribution is 2.30. The molecule has 0 saturated heterocycles. The third kappa shape index (κ3) is 12.4. The van der Waals surface area contributed by atoms with Crippen LogP contribution in [0.3, 0.4) is 0 Å². The van der Waals surface area contributed by atoms with Crippen LogP contribution in [0.2, 0.25) is 5.02 Å². The summed E-state index contributed by atoms with van der Waals surface area (Å²) in [5, 5.41) is 5.20. The number of nitrogen functional groups attached to an aromatic ring is 1. The highest BCUT2D eigenvalue weighted by Gasteiger charge is 2.12. The van der Waals surface area contributed by atoms with Gasteiger partial charge in [0, 0.05) is 41.5 Å². The van der Waals surface area contributed by atoms with Gasteiger partial charge in [-0.2, -0.15) is 0 Å². The summed E-state index contributed by atoms with van der Waals surface area (Å²) in [5.41, 5.74) is 9.13. The summed E-state index contributed by atoms with van der Waals surface area (Å²) >= 11 is 13.0. The normalized spacial score (nSPS) is 10.4. The van der Waals surface area contributed by atoms with Crippen LogP contribution in [0, 0.1) is 18.2 Å². The first-order valence-electron chi connectivity index (χ1n) is 14.1. The quantitative estimate of drug-likeness (QED) is 0.0812. The number of rotatable bonds is 4. The zero-order valence-corrected chi connectivity index (χ0v) is 31.7. The van der Waals surface area contributed by atoms with Crippen LogP contribution in [0.5, 0.6) is 0 Å². The molecule has 0 radical (unpaired) electrons. The summed E-state index contributed by atoms with van der Waals surface area (Å²) < 4.78 is 69.4. The van der Waals surface area contributed by atoms with Gasteiger partial charge in [0.15, 0.2) is 5.58 Å². The van der Waals surface area contributed by atoms with Crippen LogP contribution in [0.1, 0.15) is 27.9 Å². The van der Waals surface area contributed by atoms with Crippen molar-refractivity contribution >= 4 is 85.8 Å². The van der Waals surface area contributed by atoms with E-state index in [9.17, 15) is 26.4 Å². The van der Waals surface area contributed by atoms with Crippen LogP contribution in [0.25, 0.3) is 22.1 Å². The largest absolute Gasteiger partial charge is 0.465 e. The molecule has 0 aliphatic heterocycles. The molecule has 1 aromatic heterocycles. The zero-order chi connectivity index (χ0) is 37.7. The molecule has 0 fully saturated rings. The lowest BCUT2D eigenvalue weighted by Crippen LogP contribution is -2.00. The summed E-state index contributed by atoms with van der Waals surface area (Å²) in [7, 11) is 2.50. The second kappa shape index (κ2) is 19.3. The minimum atomic E-state index is -3.82. The lowest BCUT2D eigenvalue weighted by Gasteiger charge is -2.07. The van der Waals surface area contributed by atoms with E-state index in [-0.39, 0.29) is 16.3 Å². The number of halogens is 7. The number of methoxy groups -OCH3 is 1. The molecule has 0 aliphatic carbocycles. The highest BCUT2D eigenvalue weighted by molar-refractivity contribution is 9.11. The number of fused-ring (bicyclic) bond motifs is 1. The molecule has 51 heavy (non-hydrogen) atoms. The Kier molecular flexibility index (Phi) is 15.6. The minimum absolute atomic E-state index is 0.182. The van der Waals surface area contributed by atoms with Gasteiger partial charge in [0.05, 0.1) is 34.7 Å². The molecule has 0 spiro atoms. The minimum Gasteiger partial charge on any atom is -0.465 e. The van der Waals surface area contributed by atoms with E-state index in [0.29, 0.717) is 21.8 Å². The summed E-state index contributed by atoms with van der Waals surface area (Å²) in [4.78, 5) is 11.2. The highest BCUT2D eigenvalue weighted by atomic mass is 79.9. The van der Waals surface area contributed by atoms with Crippen molar-refractivity contribution < 1.29 is 35.6 Å². The standard InChI is InChI=1S/C14H10BrClO2.C8H6FN.C7H4BrNO.C7H5ClF2O2S/c1-18-14(17)10-5-6-12(13(16)8-10)9-3-2-4-11(15)7-9;1-2-6-5-7(9)3-4-8(6)10;8-6-2-1-3-7-5(6)4-9-10-7;8-13(11,12)6-3-1-5(2-4-6)7(9)10/h2-8H,1H3;1,3-5H,10H2;1-4H;1-4,7H. The van der Waals surface area contributed by atoms with Crippen molar-refractivity contribution in [1.29, 1.82) is 0 Å². The van der Waals surface area contributed by atoms with E-state index >= 15 is 0 Å². The van der Waals surface area contributed by atoms with Crippen molar-refractivity contribution in [3.8, 4) is 23.5 Å². The van der Waals surface area contributed by atoms with Crippen LogP contribution in [-0.4, -0.2) is 26.7 Å². The Bertz CT molecular complexity index is 2270. The molecule has 1 heterocycles. The zero-order valence-electron chi connectivity index (χ0n) is 26.2. The maximum Gasteiger partial charge on any atom is 0.337 e. The second-order valence-electron chi connectivity index (χ2n) is 9.86. The van der Waals surface area contributed by atoms with Gasteiger partial charge in [0.1, 0.15) is 5.82 Å². The number of benzene rings is 5. The van der Waals surface area contributed by atoms with Gasteiger partial charge in [-0.1, -0.05) is 75.0 Å². The maximum atomic E-state index is 12.4. The molecule has 0 amide bonds. The van der Waals surface area contributed by atoms with E-state index in [2.05, 4.69) is 47.7 Å². The van der Waals surface area contributed by atoms with Gasteiger partial charge in [0.25, 0.3) is 15.5 Å². The smallest absolute Gasteiger partial charge is 0.337 e. The molecule has 6 rings (SSSR count). The predicted molar refractivity (Wildman–Crippen MR) is 201 cm³/mol. The fourth-order valence-corrected chi connectivity index (χ4v) is 5.85. The van der Waals surface area contributed by atoms with E-state index < -0.39 is 21.4 Å². The number of aromatic nitrogens is 1. The van der Waals surface area contributed by atoms with Gasteiger partial charge in [-0.3, -0.25) is 0 Å². The number of terminal acetylenes is 1. The number of carbonyl (C=O) groups is 1. The van der Waals surface area contributed by atoms with Gasteiger partial charge in [0.2, 0.25) is 0 Å². The molecule has 0 bridgehead atoms. The molecular formula is C36H25Br2Cl2F3N2O5S. The first kappa shape index (κ1) is 41.1. The van der Waals surface area contributed by atoms with E-state index in [1.807, 2.05) is 48.5 Å². The SMILES string of the molecule is Brc1cccc2oncc12.C#Cc1cc(F)ccc1N.COC(=O)c1ccc(-c2cccc(Br)c2)c(Cl)c1.O=S(=O)(Cl)c1ccc(C(F)F)cc1. The van der Waals surface area contributed by atoms with E-state index in [0.717, 1.165) is 55.3 Å². The number of ether oxygens (including phenoxy) is 1. The Morgan fingerprint density at radius 2 is 1.67 bits per heavy atom. The fraction of sp³-hybridized carbons (Fsp3) is 0.0556. The molecule has 0 unspecified atom stereocenters. The topological polar surface area (TPSA) is 112 Å². The molecule has 0 saturated carbocycles. The van der Waals surface area contributed by atoms with Crippen LogP contribution >= 0.6 is 54.1 Å². The Hall–Kier alpha value is -4.32. The molecule has 6 aromatic rings. The third-order valence-electron chi connectivity index (χ3n) is 6.46.